The molecular formula is C19H16F3N7O. The summed E-state index contributed by atoms with van der Waals surface area (Å²) in [5.74, 6) is -0.707. The highest BCUT2D eigenvalue weighted by atomic mass is 19.3. The van der Waals surface area contributed by atoms with Crippen LogP contribution in [0, 0.1) is 11.7 Å². The maximum Gasteiger partial charge on any atom is 0.267 e. The summed E-state index contributed by atoms with van der Waals surface area (Å²) < 4.78 is 45.1. The van der Waals surface area contributed by atoms with Crippen LogP contribution < -0.4 is 11.1 Å². The summed E-state index contributed by atoms with van der Waals surface area (Å²) in [7, 11) is 0. The molecule has 1 unspecified atom stereocenters. The van der Waals surface area contributed by atoms with Gasteiger partial charge in [-0.05, 0) is 18.8 Å². The van der Waals surface area contributed by atoms with Crippen LogP contribution in [-0.4, -0.2) is 31.0 Å². The number of carbonyl (C=O) groups excluding carboxylic acids is 1. The molecule has 3 aromatic heterocycles. The number of fused-ring (bicyclic) bond motifs is 2. The van der Waals surface area contributed by atoms with E-state index < -0.39 is 23.8 Å². The fraction of sp³-hybridized carbons (Fsp3) is 0.263. The second-order valence-electron chi connectivity index (χ2n) is 7.27. The van der Waals surface area contributed by atoms with E-state index in [1.165, 1.54) is 29.2 Å². The molecule has 5 rings (SSSR count). The number of halogens is 3. The van der Waals surface area contributed by atoms with E-state index >= 15 is 4.39 Å². The van der Waals surface area contributed by atoms with Crippen molar-refractivity contribution in [1.82, 2.24) is 24.6 Å². The first-order chi connectivity index (χ1) is 14.5. The number of aromatic nitrogens is 5. The van der Waals surface area contributed by atoms with Gasteiger partial charge in [0, 0.05) is 28.8 Å². The Hall–Kier alpha value is -3.47. The minimum Gasteiger partial charge on any atom is -0.324 e. The van der Waals surface area contributed by atoms with Crippen LogP contribution in [0.4, 0.5) is 19.0 Å². The van der Waals surface area contributed by atoms with Crippen molar-refractivity contribution in [2.24, 2.45) is 11.7 Å². The van der Waals surface area contributed by atoms with Crippen LogP contribution in [0.2, 0.25) is 0 Å². The van der Waals surface area contributed by atoms with Gasteiger partial charge in [0.2, 0.25) is 6.41 Å². The van der Waals surface area contributed by atoms with Gasteiger partial charge in [-0.25, -0.2) is 18.2 Å². The van der Waals surface area contributed by atoms with Crippen LogP contribution in [0.1, 0.15) is 36.4 Å². The number of nitrogens with zero attached hydrogens (tertiary/aromatic N) is 4. The quantitative estimate of drug-likeness (QED) is 0.418. The average molecular weight is 415 g/mol. The molecule has 0 aliphatic heterocycles. The van der Waals surface area contributed by atoms with Gasteiger partial charge in [-0.15, -0.1) is 0 Å². The van der Waals surface area contributed by atoms with Crippen LogP contribution in [0.25, 0.3) is 27.8 Å². The van der Waals surface area contributed by atoms with Gasteiger partial charge in [-0.2, -0.15) is 5.10 Å². The SMILES string of the molecule is NC(c1c(F)c(C(F)F)c(-c2cn3cc(NC=O)nc3cn2)c2cn[nH]c12)C1CC1. The Morgan fingerprint density at radius 2 is 2.07 bits per heavy atom. The maximum atomic E-state index is 15.4. The van der Waals surface area contributed by atoms with Gasteiger partial charge in [0.05, 0.1) is 35.4 Å². The lowest BCUT2D eigenvalue weighted by molar-refractivity contribution is -0.105. The standard InChI is InChI=1S/C19H16F3N7O/c20-16-14(19(21)22)13(9-3-26-28-18(9)15(16)17(23)8-1-2-8)10-5-29-6-11(25-7-30)27-12(29)4-24-10/h3-8,17,19H,1-2,23H2,(H,25,30)(H,26,28). The topological polar surface area (TPSA) is 114 Å². The number of carbonyl (C=O) groups is 1. The molecule has 1 aliphatic rings. The van der Waals surface area contributed by atoms with Crippen molar-refractivity contribution in [3.8, 4) is 11.3 Å². The number of anilines is 1. The fourth-order valence-corrected chi connectivity index (χ4v) is 3.83. The van der Waals surface area contributed by atoms with Crippen molar-refractivity contribution in [1.29, 1.82) is 0 Å². The van der Waals surface area contributed by atoms with Gasteiger partial charge in [0.25, 0.3) is 6.43 Å². The van der Waals surface area contributed by atoms with Gasteiger partial charge in [-0.1, -0.05) is 0 Å². The molecule has 154 valence electrons. The third-order valence-corrected chi connectivity index (χ3v) is 5.41. The van der Waals surface area contributed by atoms with Gasteiger partial charge in [-0.3, -0.25) is 14.9 Å². The number of nitrogens with two attached hydrogens (primary N) is 1. The zero-order valence-electron chi connectivity index (χ0n) is 15.4. The highest BCUT2D eigenvalue weighted by Crippen LogP contribution is 2.46. The molecule has 1 amide bonds. The molecule has 0 spiro atoms. The fourth-order valence-electron chi connectivity index (χ4n) is 3.83. The molecule has 8 nitrogen and oxygen atoms in total. The van der Waals surface area contributed by atoms with E-state index in [4.69, 9.17) is 5.73 Å². The number of hydrogen-bond donors (Lipinski definition) is 3. The zero-order chi connectivity index (χ0) is 21.0. The highest BCUT2D eigenvalue weighted by molar-refractivity contribution is 5.97. The first-order valence-electron chi connectivity index (χ1n) is 9.27. The van der Waals surface area contributed by atoms with E-state index in [9.17, 15) is 13.6 Å². The summed E-state index contributed by atoms with van der Waals surface area (Å²) in [6.07, 6.45) is 4.72. The molecule has 1 saturated carbocycles. The molecule has 11 heteroatoms. The number of H-pyrrole nitrogens is 1. The number of imidazole rings is 1. The number of amides is 1. The Bertz CT molecular complexity index is 1280. The van der Waals surface area contributed by atoms with Crippen molar-refractivity contribution in [3.05, 3.63) is 41.7 Å². The predicted molar refractivity (Wildman–Crippen MR) is 102 cm³/mol. The Kier molecular flexibility index (Phi) is 4.21. The van der Waals surface area contributed by atoms with Gasteiger partial charge < -0.3 is 15.5 Å². The summed E-state index contributed by atoms with van der Waals surface area (Å²) in [5.41, 5.74) is 6.21. The van der Waals surface area contributed by atoms with Crippen molar-refractivity contribution >= 4 is 28.8 Å². The smallest absolute Gasteiger partial charge is 0.267 e. The molecule has 30 heavy (non-hydrogen) atoms. The largest absolute Gasteiger partial charge is 0.324 e. The van der Waals surface area contributed by atoms with E-state index in [2.05, 4.69) is 25.5 Å². The Morgan fingerprint density at radius 3 is 2.77 bits per heavy atom. The molecule has 1 fully saturated rings. The van der Waals surface area contributed by atoms with E-state index in [1.807, 2.05) is 0 Å². The van der Waals surface area contributed by atoms with Crippen molar-refractivity contribution in [2.45, 2.75) is 25.3 Å². The summed E-state index contributed by atoms with van der Waals surface area (Å²) in [4.78, 5) is 19.0. The van der Waals surface area contributed by atoms with Crippen LogP contribution in [0.5, 0.6) is 0 Å². The minimum atomic E-state index is -3.09. The summed E-state index contributed by atoms with van der Waals surface area (Å²) in [6, 6.07) is -0.694. The Balaban J connectivity index is 1.77. The number of benzene rings is 1. The highest BCUT2D eigenvalue weighted by Gasteiger charge is 2.36. The van der Waals surface area contributed by atoms with E-state index in [-0.39, 0.29) is 28.6 Å². The molecule has 1 aliphatic carbocycles. The van der Waals surface area contributed by atoms with E-state index in [0.717, 1.165) is 12.8 Å². The van der Waals surface area contributed by atoms with Crippen molar-refractivity contribution in [3.63, 3.8) is 0 Å². The van der Waals surface area contributed by atoms with Gasteiger partial charge >= 0.3 is 0 Å². The normalized spacial score (nSPS) is 15.2. The van der Waals surface area contributed by atoms with Crippen molar-refractivity contribution < 1.29 is 18.0 Å². The second-order valence-corrected chi connectivity index (χ2v) is 7.27. The van der Waals surface area contributed by atoms with E-state index in [0.29, 0.717) is 23.0 Å². The first-order valence-corrected chi connectivity index (χ1v) is 9.27. The van der Waals surface area contributed by atoms with E-state index in [1.54, 1.807) is 0 Å². The molecule has 3 heterocycles. The van der Waals surface area contributed by atoms with Crippen LogP contribution in [0.3, 0.4) is 0 Å². The Labute approximate surface area is 167 Å². The van der Waals surface area contributed by atoms with Crippen LogP contribution in [0.15, 0.2) is 24.8 Å². The van der Waals surface area contributed by atoms with Crippen LogP contribution >= 0.6 is 0 Å². The van der Waals surface area contributed by atoms with Crippen molar-refractivity contribution in [2.75, 3.05) is 5.32 Å². The number of rotatable bonds is 6. The predicted octanol–water partition coefficient (Wildman–Crippen LogP) is 3.33. The molecular weight excluding hydrogens is 399 g/mol. The molecule has 1 atom stereocenters. The molecule has 0 bridgehead atoms. The van der Waals surface area contributed by atoms with Crippen LogP contribution in [-0.2, 0) is 4.79 Å². The number of hydrogen-bond acceptors (Lipinski definition) is 5. The molecule has 4 N–H and O–H groups in total. The second kappa shape index (κ2) is 6.80. The molecule has 1 aromatic carbocycles. The summed E-state index contributed by atoms with van der Waals surface area (Å²) in [5, 5.41) is 9.39. The molecule has 4 aromatic rings. The lowest BCUT2D eigenvalue weighted by Gasteiger charge is -2.19. The monoisotopic (exact) mass is 415 g/mol. The lowest BCUT2D eigenvalue weighted by atomic mass is 9.91. The zero-order valence-corrected chi connectivity index (χ0v) is 15.4. The molecule has 0 saturated heterocycles. The number of aromatic amines is 1. The lowest BCUT2D eigenvalue weighted by Crippen LogP contribution is -2.17. The summed E-state index contributed by atoms with van der Waals surface area (Å²) in [6.45, 7) is 0. The number of alkyl halides is 2. The molecule has 0 radical (unpaired) electrons. The average Bonchev–Trinajstić information content (AvgIpc) is 3.32. The third-order valence-electron chi connectivity index (χ3n) is 5.41. The summed E-state index contributed by atoms with van der Waals surface area (Å²) >= 11 is 0. The maximum absolute atomic E-state index is 15.4. The first kappa shape index (κ1) is 18.6. The third kappa shape index (κ3) is 2.81. The van der Waals surface area contributed by atoms with Gasteiger partial charge in [0.15, 0.2) is 11.5 Å². The minimum absolute atomic E-state index is 0.0326. The Morgan fingerprint density at radius 1 is 1.27 bits per heavy atom. The number of nitrogens with one attached hydrogen (secondary N) is 2. The van der Waals surface area contributed by atoms with Gasteiger partial charge in [0.1, 0.15) is 5.82 Å².